The topological polar surface area (TPSA) is 28.2 Å². The fourth-order valence-electron chi connectivity index (χ4n) is 2.67. The Balaban J connectivity index is 1.92. The molecule has 1 saturated heterocycles. The largest absolute Gasteiger partial charge is 0.311 e. The Labute approximate surface area is 115 Å². The third kappa shape index (κ3) is 3.53. The van der Waals surface area contributed by atoms with Crippen molar-refractivity contribution in [1.29, 1.82) is 0 Å². The molecule has 1 aliphatic rings. The number of rotatable bonds is 4. The van der Waals surface area contributed by atoms with Crippen LogP contribution in [-0.2, 0) is 6.42 Å². The van der Waals surface area contributed by atoms with E-state index in [9.17, 15) is 0 Å². The molecule has 0 aliphatic carbocycles. The van der Waals surface area contributed by atoms with Crippen LogP contribution < -0.4 is 5.32 Å². The van der Waals surface area contributed by atoms with E-state index in [0.717, 1.165) is 31.7 Å². The molecular weight excluding hydrogens is 242 g/mol. The summed E-state index contributed by atoms with van der Waals surface area (Å²) in [6.07, 6.45) is 1.09. The molecule has 2 atom stereocenters. The van der Waals surface area contributed by atoms with Crippen LogP contribution >= 0.6 is 11.3 Å². The van der Waals surface area contributed by atoms with Crippen LogP contribution in [0.3, 0.4) is 0 Å². The second-order valence-electron chi connectivity index (χ2n) is 5.75. The predicted molar refractivity (Wildman–Crippen MR) is 78.2 cm³/mol. The first-order chi connectivity index (χ1) is 8.56. The van der Waals surface area contributed by atoms with Gasteiger partial charge in [0.05, 0.1) is 5.01 Å². The molecule has 0 radical (unpaired) electrons. The molecule has 4 heteroatoms. The van der Waals surface area contributed by atoms with Crippen molar-refractivity contribution >= 4 is 11.3 Å². The molecule has 2 heterocycles. The summed E-state index contributed by atoms with van der Waals surface area (Å²) >= 11 is 1.80. The van der Waals surface area contributed by atoms with Crippen LogP contribution in [0.4, 0.5) is 0 Å². The molecule has 1 aliphatic heterocycles. The molecule has 0 saturated carbocycles. The van der Waals surface area contributed by atoms with E-state index < -0.39 is 0 Å². The van der Waals surface area contributed by atoms with Gasteiger partial charge in [-0.05, 0) is 19.8 Å². The maximum atomic E-state index is 4.56. The molecule has 1 N–H and O–H groups in total. The summed E-state index contributed by atoms with van der Waals surface area (Å²) in [5.41, 5.74) is 1.16. The van der Waals surface area contributed by atoms with Crippen LogP contribution in [0, 0.1) is 12.8 Å². The average molecular weight is 267 g/mol. The van der Waals surface area contributed by atoms with E-state index in [4.69, 9.17) is 0 Å². The van der Waals surface area contributed by atoms with E-state index in [2.05, 4.69) is 48.3 Å². The zero-order valence-electron chi connectivity index (χ0n) is 11.9. The number of piperazine rings is 1. The van der Waals surface area contributed by atoms with E-state index in [1.54, 1.807) is 11.3 Å². The summed E-state index contributed by atoms with van der Waals surface area (Å²) in [6, 6.07) is 1.28. The smallest absolute Gasteiger partial charge is 0.0940 e. The fraction of sp³-hybridized carbons (Fsp3) is 0.786. The summed E-state index contributed by atoms with van der Waals surface area (Å²) in [5.74, 6) is 0.711. The van der Waals surface area contributed by atoms with Gasteiger partial charge in [-0.15, -0.1) is 11.3 Å². The molecule has 2 rings (SSSR count). The highest BCUT2D eigenvalue weighted by Crippen LogP contribution is 2.17. The van der Waals surface area contributed by atoms with E-state index >= 15 is 0 Å². The Bertz CT molecular complexity index is 375. The fourth-order valence-corrected chi connectivity index (χ4v) is 3.44. The number of aryl methyl sites for hydroxylation is 1. The van der Waals surface area contributed by atoms with Crippen molar-refractivity contribution in [2.75, 3.05) is 19.6 Å². The van der Waals surface area contributed by atoms with Gasteiger partial charge in [0.2, 0.25) is 0 Å². The number of aromatic nitrogens is 1. The van der Waals surface area contributed by atoms with Gasteiger partial charge < -0.3 is 5.32 Å². The van der Waals surface area contributed by atoms with Gasteiger partial charge in [-0.3, -0.25) is 4.90 Å². The average Bonchev–Trinajstić information content (AvgIpc) is 2.72. The van der Waals surface area contributed by atoms with E-state index in [-0.39, 0.29) is 0 Å². The van der Waals surface area contributed by atoms with E-state index in [0.29, 0.717) is 18.0 Å². The maximum Gasteiger partial charge on any atom is 0.0940 e. The van der Waals surface area contributed by atoms with Gasteiger partial charge in [0.15, 0.2) is 0 Å². The van der Waals surface area contributed by atoms with Crippen LogP contribution in [-0.4, -0.2) is 41.6 Å². The summed E-state index contributed by atoms with van der Waals surface area (Å²) < 4.78 is 0. The molecule has 3 nitrogen and oxygen atoms in total. The van der Waals surface area contributed by atoms with Crippen molar-refractivity contribution in [3.63, 3.8) is 0 Å². The lowest BCUT2D eigenvalue weighted by atomic mass is 9.98. The zero-order chi connectivity index (χ0) is 13.1. The van der Waals surface area contributed by atoms with Crippen molar-refractivity contribution < 1.29 is 0 Å². The monoisotopic (exact) mass is 267 g/mol. The molecule has 1 aromatic rings. The molecule has 1 aromatic heterocycles. The van der Waals surface area contributed by atoms with E-state index in [1.165, 1.54) is 5.01 Å². The van der Waals surface area contributed by atoms with Gasteiger partial charge in [-0.1, -0.05) is 13.8 Å². The molecular formula is C14H25N3S. The second-order valence-corrected chi connectivity index (χ2v) is 6.69. The number of hydrogen-bond donors (Lipinski definition) is 1. The molecule has 0 amide bonds. The summed E-state index contributed by atoms with van der Waals surface area (Å²) in [7, 11) is 0. The normalized spacial score (nSPS) is 25.8. The highest BCUT2D eigenvalue weighted by atomic mass is 32.1. The number of nitrogens with one attached hydrogen (secondary N) is 1. The standard InChI is InChI=1S/C14H25N3S/c1-10(2)13-7-15-11(3)8-17(13)6-5-14-16-12(4)9-18-14/h9-11,13,15H,5-8H2,1-4H3. The molecule has 2 unspecified atom stereocenters. The van der Waals surface area contributed by atoms with Gasteiger partial charge in [-0.25, -0.2) is 4.98 Å². The highest BCUT2D eigenvalue weighted by molar-refractivity contribution is 7.09. The highest BCUT2D eigenvalue weighted by Gasteiger charge is 2.27. The van der Waals surface area contributed by atoms with Gasteiger partial charge in [0.25, 0.3) is 0 Å². The van der Waals surface area contributed by atoms with Crippen molar-refractivity contribution in [3.8, 4) is 0 Å². The Morgan fingerprint density at radius 2 is 2.33 bits per heavy atom. The molecule has 0 spiro atoms. The molecule has 0 bridgehead atoms. The summed E-state index contributed by atoms with van der Waals surface area (Å²) in [6.45, 7) is 12.4. The number of nitrogens with zero attached hydrogens (tertiary/aromatic N) is 2. The Morgan fingerprint density at radius 3 is 2.94 bits per heavy atom. The van der Waals surface area contributed by atoms with Gasteiger partial charge in [0.1, 0.15) is 0 Å². The Kier molecular flexibility index (Phi) is 4.76. The zero-order valence-corrected chi connectivity index (χ0v) is 12.8. The second kappa shape index (κ2) is 6.13. The van der Waals surface area contributed by atoms with Crippen molar-refractivity contribution in [2.45, 2.75) is 46.2 Å². The first-order valence-electron chi connectivity index (χ1n) is 6.94. The van der Waals surface area contributed by atoms with E-state index in [1.807, 2.05) is 0 Å². The number of thiazole rings is 1. The summed E-state index contributed by atoms with van der Waals surface area (Å²) in [4.78, 5) is 7.20. The van der Waals surface area contributed by atoms with Crippen LogP contribution in [0.2, 0.25) is 0 Å². The lowest BCUT2D eigenvalue weighted by Crippen LogP contribution is -2.57. The molecule has 1 fully saturated rings. The van der Waals surface area contributed by atoms with Crippen molar-refractivity contribution in [1.82, 2.24) is 15.2 Å². The van der Waals surface area contributed by atoms with Crippen molar-refractivity contribution in [3.05, 3.63) is 16.1 Å². The predicted octanol–water partition coefficient (Wildman–Crippen LogP) is 2.31. The minimum absolute atomic E-state index is 0.609. The Hall–Kier alpha value is -0.450. The minimum atomic E-state index is 0.609. The van der Waals surface area contributed by atoms with Gasteiger partial charge in [0, 0.05) is 49.2 Å². The molecule has 0 aromatic carbocycles. The molecule has 102 valence electrons. The maximum absolute atomic E-state index is 4.56. The van der Waals surface area contributed by atoms with Crippen LogP contribution in [0.1, 0.15) is 31.5 Å². The minimum Gasteiger partial charge on any atom is -0.311 e. The van der Waals surface area contributed by atoms with Gasteiger partial charge >= 0.3 is 0 Å². The quantitative estimate of drug-likeness (QED) is 0.907. The SMILES string of the molecule is Cc1csc(CCN2CC(C)NCC2C(C)C)n1. The Morgan fingerprint density at radius 1 is 1.56 bits per heavy atom. The summed E-state index contributed by atoms with van der Waals surface area (Å²) in [5, 5.41) is 7.02. The van der Waals surface area contributed by atoms with Crippen LogP contribution in [0.5, 0.6) is 0 Å². The third-order valence-corrected chi connectivity index (χ3v) is 4.73. The number of hydrogen-bond acceptors (Lipinski definition) is 4. The van der Waals surface area contributed by atoms with Crippen LogP contribution in [0.15, 0.2) is 5.38 Å². The molecule has 18 heavy (non-hydrogen) atoms. The van der Waals surface area contributed by atoms with Crippen LogP contribution in [0.25, 0.3) is 0 Å². The lowest BCUT2D eigenvalue weighted by Gasteiger charge is -2.41. The lowest BCUT2D eigenvalue weighted by molar-refractivity contribution is 0.104. The first kappa shape index (κ1) is 14.0. The van der Waals surface area contributed by atoms with Crippen molar-refractivity contribution in [2.24, 2.45) is 5.92 Å². The first-order valence-corrected chi connectivity index (χ1v) is 7.82. The third-order valence-electron chi connectivity index (χ3n) is 3.70. The van der Waals surface area contributed by atoms with Gasteiger partial charge in [-0.2, -0.15) is 0 Å².